The molecule has 95 heavy (non-hydrogen) atoms. The first-order valence-electron chi connectivity index (χ1n) is 30.8. The zero-order valence-corrected chi connectivity index (χ0v) is 82.4. The summed E-state index contributed by atoms with van der Waals surface area (Å²) in [6.07, 6.45) is 0. The van der Waals surface area contributed by atoms with Crippen LogP contribution in [-0.4, -0.2) is 249 Å². The SMILES string of the molecule is CO[Si](C)(C)OC.CO[Si](C)(C)O[Si](C)(C)O[Si](C)(C)O[Si](C)(C)O[Si](C)(C)O[Si](C)(C)O[Si](C)(C)O[Si](C)(C)O[Si](C)(C)O[Si](C)(C)O[Si](C)(C)O.CO[Si](C)(OC)OC.CO[Si](C)(OC)OC.CO[Si](OC)(OC)c1ccccc1.CO[Si](OC)(OC)c1ccccc1. The summed E-state index contributed by atoms with van der Waals surface area (Å²) in [6.45, 7) is 51.6. The second kappa shape index (κ2) is 44.0. The van der Waals surface area contributed by atoms with Gasteiger partial charge in [-0.25, -0.2) is 0 Å². The van der Waals surface area contributed by atoms with Crippen molar-refractivity contribution in [1.29, 1.82) is 0 Å². The van der Waals surface area contributed by atoms with E-state index in [1.54, 1.807) is 120 Å². The van der Waals surface area contributed by atoms with Crippen molar-refractivity contribution in [1.82, 2.24) is 0 Å². The van der Waals surface area contributed by atoms with Gasteiger partial charge >= 0.3 is 138 Å². The van der Waals surface area contributed by atoms with Gasteiger partial charge < -0.3 is 112 Å². The zero-order valence-electron chi connectivity index (χ0n) is 66.4. The summed E-state index contributed by atoms with van der Waals surface area (Å²) in [5.41, 5.74) is 0. The third-order valence-corrected chi connectivity index (χ3v) is 64.5. The summed E-state index contributed by atoms with van der Waals surface area (Å²) in [4.78, 5) is 10.3. The molecule has 42 heteroatoms. The Kier molecular flexibility index (Phi) is 47.3. The maximum absolute atomic E-state index is 10.3. The minimum atomic E-state index is -2.74. The van der Waals surface area contributed by atoms with Gasteiger partial charge in [-0.15, -0.1) is 0 Å². The smallest absolute Gasteiger partial charge is 0.416 e. The topological polar surface area (TPSA) is 251 Å². The predicted octanol–water partition coefficient (Wildman–Crippen LogP) is 11.0. The molecule has 0 unspecified atom stereocenters. The normalized spacial score (nSPS) is 13.8. The largest absolute Gasteiger partial charge is 0.536 e. The van der Waals surface area contributed by atoms with Gasteiger partial charge in [0.25, 0.3) is 0 Å². The average Bonchev–Trinajstić information content (AvgIpc) is 0.815. The molecule has 0 bridgehead atoms. The van der Waals surface area contributed by atoms with E-state index in [0.29, 0.717) is 0 Å². The summed E-state index contributed by atoms with van der Waals surface area (Å²) in [5.74, 6) is 0. The van der Waals surface area contributed by atoms with Crippen LogP contribution in [0.15, 0.2) is 60.7 Å². The van der Waals surface area contributed by atoms with Crippen LogP contribution in [-0.2, 0) is 108 Å². The lowest BCUT2D eigenvalue weighted by Crippen LogP contribution is -2.62. The zero-order chi connectivity index (χ0) is 75.9. The maximum Gasteiger partial charge on any atom is 0.536 e. The molecular formula is C53H134O26Si16. The molecular weight excluding hydrogens is 1500 g/mol. The van der Waals surface area contributed by atoms with Gasteiger partial charge in [0.15, 0.2) is 0 Å². The van der Waals surface area contributed by atoms with Crippen molar-refractivity contribution in [2.45, 2.75) is 170 Å². The molecule has 0 fully saturated rings. The van der Waals surface area contributed by atoms with Crippen molar-refractivity contribution in [3.63, 3.8) is 0 Å². The van der Waals surface area contributed by atoms with Gasteiger partial charge in [-0.05, 0) is 157 Å². The van der Waals surface area contributed by atoms with Crippen molar-refractivity contribution in [2.75, 3.05) is 107 Å². The van der Waals surface area contributed by atoms with E-state index in [0.717, 1.165) is 10.4 Å². The van der Waals surface area contributed by atoms with Gasteiger partial charge in [0.1, 0.15) is 0 Å². The molecule has 2 aromatic rings. The molecule has 0 aliphatic heterocycles. The molecule has 26 nitrogen and oxygen atoms in total. The first-order valence-corrected chi connectivity index (χ1v) is 72.5. The highest BCUT2D eigenvalue weighted by molar-refractivity contribution is 6.93. The highest BCUT2D eigenvalue weighted by Crippen LogP contribution is 2.31. The van der Waals surface area contributed by atoms with Crippen LogP contribution in [0.25, 0.3) is 0 Å². The van der Waals surface area contributed by atoms with Gasteiger partial charge in [0.05, 0.1) is 0 Å². The quantitative estimate of drug-likeness (QED) is 0.0617. The number of rotatable bonds is 37. The highest BCUT2D eigenvalue weighted by atomic mass is 28.5. The van der Waals surface area contributed by atoms with Crippen molar-refractivity contribution in [2.24, 2.45) is 0 Å². The van der Waals surface area contributed by atoms with Crippen LogP contribution in [0.2, 0.25) is 170 Å². The Morgan fingerprint density at radius 3 is 0.463 bits per heavy atom. The molecule has 0 saturated heterocycles. The lowest BCUT2D eigenvalue weighted by Gasteiger charge is -2.44. The second-order valence-corrected chi connectivity index (χ2v) is 81.3. The van der Waals surface area contributed by atoms with E-state index in [2.05, 4.69) is 0 Å². The van der Waals surface area contributed by atoms with Crippen LogP contribution < -0.4 is 10.4 Å². The number of hydrogen-bond donors (Lipinski definition) is 1. The standard InChI is InChI=1S/C23H70O12Si11.2C9H14O3Si.2C4H12O3Si.C4H12O2Si/c1-25-37(4,5)27-39(8,9)29-41(12,13)31-43(16,17)33-45(20,21)35-46(22,23)34-44(18,19)32-42(14,15)30-40(10,11)28-38(6,7)26-36(2,3)24;2*1-10-13(11-2,12-3)9-7-5-4-6-8-9;2*1-5-8(4,6-2)7-3;1-5-7(3,4)6-2/h24H,1-23H3;2*4-8H,1-3H3;2*1-4H3;1-4H3. The molecule has 2 aromatic carbocycles. The van der Waals surface area contributed by atoms with Gasteiger partial charge in [-0.1, -0.05) is 60.7 Å². The molecule has 0 radical (unpaired) electrons. The first kappa shape index (κ1) is 102. The predicted molar refractivity (Wildman–Crippen MR) is 415 cm³/mol. The fourth-order valence-electron chi connectivity index (χ4n) is 9.23. The minimum Gasteiger partial charge on any atom is -0.416 e. The molecule has 2 rings (SSSR count). The summed E-state index contributed by atoms with van der Waals surface area (Å²) in [5, 5.41) is 1.95. The molecule has 0 spiro atoms. The summed E-state index contributed by atoms with van der Waals surface area (Å²) < 4.78 is 143. The van der Waals surface area contributed by atoms with Crippen molar-refractivity contribution < 1.29 is 112 Å². The molecule has 0 aliphatic carbocycles. The van der Waals surface area contributed by atoms with Gasteiger partial charge in [-0.3, -0.25) is 0 Å². The lowest BCUT2D eigenvalue weighted by molar-refractivity contribution is 0.131. The maximum atomic E-state index is 10.3. The summed E-state index contributed by atoms with van der Waals surface area (Å²) in [7, 11) is -15.9. The molecule has 1 N–H and O–H groups in total. The molecule has 0 atom stereocenters. The molecule has 0 saturated carbocycles. The van der Waals surface area contributed by atoms with Gasteiger partial charge in [0, 0.05) is 130 Å². The van der Waals surface area contributed by atoms with E-state index in [9.17, 15) is 4.80 Å². The van der Waals surface area contributed by atoms with Crippen LogP contribution in [0.1, 0.15) is 0 Å². The molecule has 0 aromatic heterocycles. The molecule has 0 amide bonds. The first-order chi connectivity index (χ1) is 42.7. The third kappa shape index (κ3) is 45.7. The van der Waals surface area contributed by atoms with Gasteiger partial charge in [0.2, 0.25) is 0 Å². The Bertz CT molecular complexity index is 2200. The van der Waals surface area contributed by atoms with Crippen molar-refractivity contribution in [3.8, 4) is 0 Å². The minimum absolute atomic E-state index is 0.975. The third-order valence-electron chi connectivity index (χ3n) is 12.5. The van der Waals surface area contributed by atoms with Crippen LogP contribution in [0, 0.1) is 0 Å². The van der Waals surface area contributed by atoms with Crippen LogP contribution in [0.5, 0.6) is 0 Å². The van der Waals surface area contributed by atoms with E-state index < -0.39 is 138 Å². The fraction of sp³-hybridized carbons (Fsp3) is 0.774. The van der Waals surface area contributed by atoms with E-state index >= 15 is 0 Å². The highest BCUT2D eigenvalue weighted by Gasteiger charge is 2.52. The Balaban J connectivity index is -0.000000666. The van der Waals surface area contributed by atoms with E-state index in [-0.39, 0.29) is 0 Å². The number of hydrogen-bond acceptors (Lipinski definition) is 26. The Hall–Kier alpha value is 0.870. The Morgan fingerprint density at radius 1 is 0.189 bits per heavy atom. The lowest BCUT2D eigenvalue weighted by atomic mass is 10.4. The fourth-order valence-corrected chi connectivity index (χ4v) is 66.7. The molecule has 0 heterocycles. The molecule has 0 aliphatic rings. The second-order valence-electron chi connectivity index (χ2n) is 26.5. The summed E-state index contributed by atoms with van der Waals surface area (Å²) in [6, 6.07) is 19.4. The summed E-state index contributed by atoms with van der Waals surface area (Å²) >= 11 is 0. The average molecular weight is 1640 g/mol. The van der Waals surface area contributed by atoms with Crippen LogP contribution in [0.3, 0.4) is 0 Å². The Morgan fingerprint density at radius 2 is 0.347 bits per heavy atom. The van der Waals surface area contributed by atoms with Crippen LogP contribution in [0.4, 0.5) is 0 Å². The van der Waals surface area contributed by atoms with Gasteiger partial charge in [-0.2, -0.15) is 0 Å². The molecule has 566 valence electrons. The van der Waals surface area contributed by atoms with E-state index in [4.69, 9.17) is 108 Å². The van der Waals surface area contributed by atoms with Crippen LogP contribution >= 0.6 is 0 Å². The van der Waals surface area contributed by atoms with E-state index in [1.807, 2.05) is 218 Å². The number of benzene rings is 2. The Labute approximate surface area is 594 Å². The van der Waals surface area contributed by atoms with Crippen molar-refractivity contribution in [3.05, 3.63) is 60.7 Å². The van der Waals surface area contributed by atoms with Crippen molar-refractivity contribution >= 4 is 148 Å². The monoisotopic (exact) mass is 1630 g/mol. The van der Waals surface area contributed by atoms with E-state index in [1.165, 1.54) is 0 Å².